The summed E-state index contributed by atoms with van der Waals surface area (Å²) in [5.41, 5.74) is 5.76. The summed E-state index contributed by atoms with van der Waals surface area (Å²) in [6, 6.07) is 4.35. The fraction of sp³-hybridized carbons (Fsp3) is 0.562. The first kappa shape index (κ1) is 16.1. The molecule has 3 N–H and O–H groups in total. The van der Waals surface area contributed by atoms with Crippen molar-refractivity contribution in [3.63, 3.8) is 0 Å². The topological polar surface area (TPSA) is 58.4 Å². The standard InChI is InChI=1S/C16H20F3N3O/c17-16(18,19)11-4-6-12(7-5-11)21-15(23)22-8-10-2-1-3-14(20)13(10)9-22/h4-7,10,13-14H,1-3,8-9,20H2,(H,21,23). The highest BCUT2D eigenvalue weighted by molar-refractivity contribution is 5.89. The fourth-order valence-corrected chi connectivity index (χ4v) is 3.63. The van der Waals surface area contributed by atoms with Gasteiger partial charge in [0.15, 0.2) is 0 Å². The van der Waals surface area contributed by atoms with Gasteiger partial charge in [0.05, 0.1) is 5.56 Å². The molecule has 2 amide bonds. The van der Waals surface area contributed by atoms with Crippen molar-refractivity contribution >= 4 is 11.7 Å². The van der Waals surface area contributed by atoms with Gasteiger partial charge in [-0.1, -0.05) is 6.42 Å². The Kier molecular flexibility index (Phi) is 4.23. The Balaban J connectivity index is 1.61. The first-order chi connectivity index (χ1) is 10.8. The number of hydrogen-bond donors (Lipinski definition) is 2. The van der Waals surface area contributed by atoms with Crippen LogP contribution in [0.2, 0.25) is 0 Å². The van der Waals surface area contributed by atoms with Gasteiger partial charge in [0, 0.05) is 24.8 Å². The first-order valence-corrected chi connectivity index (χ1v) is 7.83. The monoisotopic (exact) mass is 327 g/mol. The lowest BCUT2D eigenvalue weighted by atomic mass is 9.78. The minimum atomic E-state index is -4.37. The van der Waals surface area contributed by atoms with Crippen LogP contribution in [0.1, 0.15) is 24.8 Å². The van der Waals surface area contributed by atoms with Gasteiger partial charge in [-0.2, -0.15) is 13.2 Å². The molecule has 3 rings (SSSR count). The van der Waals surface area contributed by atoms with Crippen molar-refractivity contribution < 1.29 is 18.0 Å². The number of amides is 2. The fourth-order valence-electron chi connectivity index (χ4n) is 3.63. The molecule has 2 aliphatic rings. The van der Waals surface area contributed by atoms with Crippen LogP contribution in [0.15, 0.2) is 24.3 Å². The summed E-state index contributed by atoms with van der Waals surface area (Å²) in [4.78, 5) is 14.0. The van der Waals surface area contributed by atoms with E-state index in [2.05, 4.69) is 5.32 Å². The number of hydrogen-bond acceptors (Lipinski definition) is 2. The summed E-state index contributed by atoms with van der Waals surface area (Å²) >= 11 is 0. The molecule has 1 aliphatic carbocycles. The molecule has 2 fully saturated rings. The van der Waals surface area contributed by atoms with Crippen molar-refractivity contribution in [2.45, 2.75) is 31.5 Å². The van der Waals surface area contributed by atoms with E-state index in [1.54, 1.807) is 4.90 Å². The number of alkyl halides is 3. The molecule has 1 aromatic carbocycles. The molecule has 4 nitrogen and oxygen atoms in total. The number of carbonyl (C=O) groups excluding carboxylic acids is 1. The predicted molar refractivity (Wildman–Crippen MR) is 80.8 cm³/mol. The molecular formula is C16H20F3N3O. The van der Waals surface area contributed by atoms with Crippen LogP contribution in [0.25, 0.3) is 0 Å². The Bertz CT molecular complexity index is 573. The molecular weight excluding hydrogens is 307 g/mol. The number of likely N-dealkylation sites (tertiary alicyclic amines) is 1. The number of urea groups is 1. The van der Waals surface area contributed by atoms with E-state index >= 15 is 0 Å². The Morgan fingerprint density at radius 2 is 1.87 bits per heavy atom. The third kappa shape index (κ3) is 3.44. The van der Waals surface area contributed by atoms with Crippen LogP contribution in [0.5, 0.6) is 0 Å². The zero-order valence-corrected chi connectivity index (χ0v) is 12.6. The summed E-state index contributed by atoms with van der Waals surface area (Å²) in [6.45, 7) is 1.29. The van der Waals surface area contributed by atoms with Crippen molar-refractivity contribution in [3.8, 4) is 0 Å². The van der Waals surface area contributed by atoms with E-state index in [1.165, 1.54) is 12.1 Å². The molecule has 3 atom stereocenters. The third-order valence-electron chi connectivity index (χ3n) is 4.90. The minimum Gasteiger partial charge on any atom is -0.327 e. The Morgan fingerprint density at radius 3 is 2.48 bits per heavy atom. The van der Waals surface area contributed by atoms with E-state index in [9.17, 15) is 18.0 Å². The summed E-state index contributed by atoms with van der Waals surface area (Å²) < 4.78 is 37.6. The van der Waals surface area contributed by atoms with Crippen molar-refractivity contribution in [1.82, 2.24) is 4.90 Å². The molecule has 1 saturated carbocycles. The highest BCUT2D eigenvalue weighted by Crippen LogP contribution is 2.36. The average molecular weight is 327 g/mol. The summed E-state index contributed by atoms with van der Waals surface area (Å²) in [7, 11) is 0. The average Bonchev–Trinajstić information content (AvgIpc) is 2.92. The van der Waals surface area contributed by atoms with Gasteiger partial charge in [-0.05, 0) is 48.9 Å². The molecule has 0 radical (unpaired) electrons. The summed E-state index contributed by atoms with van der Waals surface area (Å²) in [5.74, 6) is 0.777. The Morgan fingerprint density at radius 1 is 1.17 bits per heavy atom. The molecule has 0 aromatic heterocycles. The lowest BCUT2D eigenvalue weighted by Crippen LogP contribution is -2.39. The van der Waals surface area contributed by atoms with Crippen molar-refractivity contribution in [2.24, 2.45) is 17.6 Å². The van der Waals surface area contributed by atoms with Crippen LogP contribution in [-0.4, -0.2) is 30.1 Å². The summed E-state index contributed by atoms with van der Waals surface area (Å²) in [5, 5.41) is 2.67. The largest absolute Gasteiger partial charge is 0.416 e. The van der Waals surface area contributed by atoms with Crippen LogP contribution < -0.4 is 11.1 Å². The molecule has 0 bridgehead atoms. The molecule has 1 aliphatic heterocycles. The molecule has 1 saturated heterocycles. The van der Waals surface area contributed by atoms with Gasteiger partial charge >= 0.3 is 12.2 Å². The number of nitrogens with two attached hydrogens (primary N) is 1. The van der Waals surface area contributed by atoms with Gasteiger partial charge in [-0.25, -0.2) is 4.79 Å². The highest BCUT2D eigenvalue weighted by atomic mass is 19.4. The van der Waals surface area contributed by atoms with E-state index in [0.29, 0.717) is 30.6 Å². The number of fused-ring (bicyclic) bond motifs is 1. The van der Waals surface area contributed by atoms with Crippen molar-refractivity contribution in [2.75, 3.05) is 18.4 Å². The molecule has 126 valence electrons. The van der Waals surface area contributed by atoms with Gasteiger partial charge in [0.25, 0.3) is 0 Å². The zero-order chi connectivity index (χ0) is 16.6. The van der Waals surface area contributed by atoms with E-state index < -0.39 is 11.7 Å². The van der Waals surface area contributed by atoms with Crippen LogP contribution in [0.4, 0.5) is 23.7 Å². The number of anilines is 1. The number of nitrogens with zero attached hydrogens (tertiary/aromatic N) is 1. The lowest BCUT2D eigenvalue weighted by Gasteiger charge is -2.29. The molecule has 3 unspecified atom stereocenters. The van der Waals surface area contributed by atoms with Gasteiger partial charge in [-0.15, -0.1) is 0 Å². The SMILES string of the molecule is NC1CCCC2CN(C(=O)Nc3ccc(C(F)(F)F)cc3)CC12. The van der Waals surface area contributed by atoms with Crippen LogP contribution in [0, 0.1) is 11.8 Å². The number of carbonyl (C=O) groups is 1. The Labute approximate surface area is 132 Å². The van der Waals surface area contributed by atoms with Crippen molar-refractivity contribution in [3.05, 3.63) is 29.8 Å². The maximum atomic E-state index is 12.5. The molecule has 1 aromatic rings. The Hall–Kier alpha value is -1.76. The summed E-state index contributed by atoms with van der Waals surface area (Å²) in [6.07, 6.45) is -1.20. The molecule has 0 spiro atoms. The van der Waals surface area contributed by atoms with Gasteiger partial charge in [0.2, 0.25) is 0 Å². The number of benzene rings is 1. The molecule has 1 heterocycles. The smallest absolute Gasteiger partial charge is 0.327 e. The van der Waals surface area contributed by atoms with Crippen LogP contribution >= 0.6 is 0 Å². The zero-order valence-electron chi connectivity index (χ0n) is 12.6. The van der Waals surface area contributed by atoms with Gasteiger partial charge < -0.3 is 16.0 Å². The van der Waals surface area contributed by atoms with Crippen LogP contribution in [0.3, 0.4) is 0 Å². The first-order valence-electron chi connectivity index (χ1n) is 7.83. The van der Waals surface area contributed by atoms with Gasteiger partial charge in [-0.3, -0.25) is 0 Å². The second-order valence-corrected chi connectivity index (χ2v) is 6.43. The van der Waals surface area contributed by atoms with E-state index in [0.717, 1.165) is 31.4 Å². The van der Waals surface area contributed by atoms with E-state index in [4.69, 9.17) is 5.73 Å². The third-order valence-corrected chi connectivity index (χ3v) is 4.90. The van der Waals surface area contributed by atoms with Gasteiger partial charge in [0.1, 0.15) is 0 Å². The van der Waals surface area contributed by atoms with E-state index in [1.807, 2.05) is 0 Å². The van der Waals surface area contributed by atoms with Crippen molar-refractivity contribution in [1.29, 1.82) is 0 Å². The maximum absolute atomic E-state index is 12.5. The second kappa shape index (κ2) is 6.03. The molecule has 23 heavy (non-hydrogen) atoms. The minimum absolute atomic E-state index is 0.137. The number of rotatable bonds is 1. The van der Waals surface area contributed by atoms with Crippen LogP contribution in [-0.2, 0) is 6.18 Å². The lowest BCUT2D eigenvalue weighted by molar-refractivity contribution is -0.137. The number of halogens is 3. The van der Waals surface area contributed by atoms with E-state index in [-0.39, 0.29) is 12.1 Å². The molecule has 7 heteroatoms. The maximum Gasteiger partial charge on any atom is 0.416 e. The predicted octanol–water partition coefficient (Wildman–Crippen LogP) is 3.30. The highest BCUT2D eigenvalue weighted by Gasteiger charge is 2.40. The quantitative estimate of drug-likeness (QED) is 0.831. The number of nitrogens with one attached hydrogen (secondary N) is 1. The second-order valence-electron chi connectivity index (χ2n) is 6.43. The normalized spacial score (nSPS) is 27.7.